The van der Waals surface area contributed by atoms with Crippen molar-refractivity contribution in [2.45, 2.75) is 24.7 Å². The molecule has 0 spiro atoms. The van der Waals surface area contributed by atoms with Gasteiger partial charge in [0.25, 0.3) is 5.56 Å². The number of halogens is 2. The van der Waals surface area contributed by atoms with Gasteiger partial charge in [-0.2, -0.15) is 0 Å². The minimum atomic E-state index is -0.0387. The zero-order valence-electron chi connectivity index (χ0n) is 12.0. The van der Waals surface area contributed by atoms with Crippen LogP contribution in [0.2, 0.25) is 10.0 Å². The van der Waals surface area contributed by atoms with Crippen LogP contribution in [0.25, 0.3) is 0 Å². The number of fused-ring (bicyclic) bond motifs is 1. The molecule has 22 heavy (non-hydrogen) atoms. The fourth-order valence-corrected chi connectivity index (χ4v) is 3.62. The second kappa shape index (κ2) is 6.62. The van der Waals surface area contributed by atoms with Crippen LogP contribution in [0.5, 0.6) is 0 Å². The largest absolute Gasteiger partial charge is 0.301 e. The standard InChI is InChI=1S/C15H15Cl2N3OS/c1-22-15-18-13-2-3-20(8-12(13)14(21)19-15)7-9-4-10(16)6-11(17)5-9/h4-6H,2-3,7-8H2,1H3,(H,18,19,21). The first kappa shape index (κ1) is 15.9. The van der Waals surface area contributed by atoms with Crippen molar-refractivity contribution >= 4 is 35.0 Å². The predicted octanol–water partition coefficient (Wildman–Crippen LogP) is 3.36. The molecule has 0 unspecified atom stereocenters. The number of hydrogen-bond acceptors (Lipinski definition) is 4. The van der Waals surface area contributed by atoms with Crippen LogP contribution in [0.15, 0.2) is 28.2 Å². The normalized spacial score (nSPS) is 14.9. The van der Waals surface area contributed by atoms with E-state index in [4.69, 9.17) is 23.2 Å². The summed E-state index contributed by atoms with van der Waals surface area (Å²) in [5, 5.41) is 1.94. The van der Waals surface area contributed by atoms with Gasteiger partial charge in [0.2, 0.25) is 0 Å². The van der Waals surface area contributed by atoms with Crippen molar-refractivity contribution in [3.8, 4) is 0 Å². The first-order chi connectivity index (χ1) is 10.5. The van der Waals surface area contributed by atoms with E-state index in [1.807, 2.05) is 18.4 Å². The molecule has 1 aromatic heterocycles. The van der Waals surface area contributed by atoms with Crippen LogP contribution in [-0.2, 0) is 19.5 Å². The quantitative estimate of drug-likeness (QED) is 0.677. The first-order valence-corrected chi connectivity index (χ1v) is 8.86. The van der Waals surface area contributed by atoms with E-state index < -0.39 is 0 Å². The molecule has 0 radical (unpaired) electrons. The van der Waals surface area contributed by atoms with Crippen molar-refractivity contribution < 1.29 is 0 Å². The summed E-state index contributed by atoms with van der Waals surface area (Å²) in [5.74, 6) is 0. The Morgan fingerprint density at radius 1 is 1.32 bits per heavy atom. The van der Waals surface area contributed by atoms with Crippen molar-refractivity contribution in [1.82, 2.24) is 14.9 Å². The molecule has 1 aliphatic rings. The third-order valence-corrected chi connectivity index (χ3v) is 4.66. The van der Waals surface area contributed by atoms with Crippen molar-refractivity contribution in [1.29, 1.82) is 0 Å². The summed E-state index contributed by atoms with van der Waals surface area (Å²) in [6, 6.07) is 5.53. The van der Waals surface area contributed by atoms with Crippen molar-refractivity contribution in [2.24, 2.45) is 0 Å². The Morgan fingerprint density at radius 2 is 2.05 bits per heavy atom. The summed E-state index contributed by atoms with van der Waals surface area (Å²) in [6.45, 7) is 2.17. The Labute approximate surface area is 142 Å². The molecule has 0 saturated carbocycles. The van der Waals surface area contributed by atoms with Gasteiger partial charge in [0.05, 0.1) is 11.3 Å². The molecule has 0 saturated heterocycles. The Morgan fingerprint density at radius 3 is 2.73 bits per heavy atom. The third kappa shape index (κ3) is 3.49. The van der Waals surface area contributed by atoms with Gasteiger partial charge in [-0.25, -0.2) is 4.98 Å². The molecular weight excluding hydrogens is 341 g/mol. The Bertz CT molecular complexity index is 743. The van der Waals surface area contributed by atoms with Crippen molar-refractivity contribution in [3.05, 3.63) is 55.4 Å². The van der Waals surface area contributed by atoms with Crippen molar-refractivity contribution in [3.63, 3.8) is 0 Å². The van der Waals surface area contributed by atoms with Gasteiger partial charge < -0.3 is 4.98 Å². The van der Waals surface area contributed by atoms with E-state index in [1.165, 1.54) is 11.8 Å². The number of nitrogens with zero attached hydrogens (tertiary/aromatic N) is 2. The maximum absolute atomic E-state index is 12.2. The number of hydrogen-bond donors (Lipinski definition) is 1. The molecule has 1 aromatic carbocycles. The number of aromatic amines is 1. The molecule has 0 aliphatic carbocycles. The molecule has 0 amide bonds. The fourth-order valence-electron chi connectivity index (χ4n) is 2.65. The molecule has 0 fully saturated rings. The number of rotatable bonds is 3. The second-order valence-electron chi connectivity index (χ2n) is 5.24. The highest BCUT2D eigenvalue weighted by atomic mass is 35.5. The summed E-state index contributed by atoms with van der Waals surface area (Å²) in [6.07, 6.45) is 2.68. The minimum absolute atomic E-state index is 0.0387. The van der Waals surface area contributed by atoms with Crippen LogP contribution in [0.1, 0.15) is 16.8 Å². The van der Waals surface area contributed by atoms with Gasteiger partial charge in [0.15, 0.2) is 5.16 Å². The van der Waals surface area contributed by atoms with Crippen LogP contribution in [0, 0.1) is 0 Å². The lowest BCUT2D eigenvalue weighted by Gasteiger charge is -2.27. The molecule has 2 heterocycles. The lowest BCUT2D eigenvalue weighted by molar-refractivity contribution is 0.241. The number of thioether (sulfide) groups is 1. The summed E-state index contributed by atoms with van der Waals surface area (Å²) in [4.78, 5) is 21.7. The van der Waals surface area contributed by atoms with E-state index in [1.54, 1.807) is 6.07 Å². The van der Waals surface area contributed by atoms with Crippen LogP contribution in [0.3, 0.4) is 0 Å². The third-order valence-electron chi connectivity index (χ3n) is 3.65. The molecule has 116 valence electrons. The Kier molecular flexibility index (Phi) is 4.78. The summed E-state index contributed by atoms with van der Waals surface area (Å²) >= 11 is 13.5. The van der Waals surface area contributed by atoms with Gasteiger partial charge in [-0.15, -0.1) is 0 Å². The summed E-state index contributed by atoms with van der Waals surface area (Å²) in [7, 11) is 0. The SMILES string of the molecule is CSc1nc2c(c(=O)[nH]1)CN(Cc1cc(Cl)cc(Cl)c1)CC2. The first-order valence-electron chi connectivity index (χ1n) is 6.88. The molecule has 0 atom stereocenters. The molecule has 2 aromatic rings. The van der Waals surface area contributed by atoms with E-state index in [9.17, 15) is 4.79 Å². The van der Waals surface area contributed by atoms with Crippen molar-refractivity contribution in [2.75, 3.05) is 12.8 Å². The van der Waals surface area contributed by atoms with E-state index in [2.05, 4.69) is 14.9 Å². The molecule has 1 aliphatic heterocycles. The number of benzene rings is 1. The zero-order valence-corrected chi connectivity index (χ0v) is 14.4. The molecule has 0 bridgehead atoms. The number of aromatic nitrogens is 2. The van der Waals surface area contributed by atoms with Gasteiger partial charge in [-0.1, -0.05) is 35.0 Å². The smallest absolute Gasteiger partial charge is 0.256 e. The minimum Gasteiger partial charge on any atom is -0.301 e. The van der Waals surface area contributed by atoms with Crippen LogP contribution < -0.4 is 5.56 Å². The molecule has 4 nitrogen and oxygen atoms in total. The number of H-pyrrole nitrogens is 1. The van der Waals surface area contributed by atoms with Gasteiger partial charge in [-0.3, -0.25) is 9.69 Å². The van der Waals surface area contributed by atoms with Gasteiger partial charge >= 0.3 is 0 Å². The second-order valence-corrected chi connectivity index (χ2v) is 6.91. The van der Waals surface area contributed by atoms with Crippen LogP contribution in [-0.4, -0.2) is 27.7 Å². The molecule has 7 heteroatoms. The highest BCUT2D eigenvalue weighted by molar-refractivity contribution is 7.98. The fraction of sp³-hybridized carbons (Fsp3) is 0.333. The monoisotopic (exact) mass is 355 g/mol. The van der Waals surface area contributed by atoms with Gasteiger partial charge in [0, 0.05) is 36.1 Å². The topological polar surface area (TPSA) is 49.0 Å². The highest BCUT2D eigenvalue weighted by Crippen LogP contribution is 2.22. The van der Waals surface area contributed by atoms with Gasteiger partial charge in [-0.05, 0) is 30.0 Å². The van der Waals surface area contributed by atoms with E-state index in [0.717, 1.165) is 29.8 Å². The molecular formula is C15H15Cl2N3OS. The van der Waals surface area contributed by atoms with Crippen LogP contribution in [0.4, 0.5) is 0 Å². The summed E-state index contributed by atoms with van der Waals surface area (Å²) < 4.78 is 0. The lowest BCUT2D eigenvalue weighted by atomic mass is 10.1. The molecule has 1 N–H and O–H groups in total. The maximum Gasteiger partial charge on any atom is 0.256 e. The predicted molar refractivity (Wildman–Crippen MR) is 90.9 cm³/mol. The average Bonchev–Trinajstić information content (AvgIpc) is 2.46. The maximum atomic E-state index is 12.2. The van der Waals surface area contributed by atoms with E-state index >= 15 is 0 Å². The zero-order chi connectivity index (χ0) is 15.7. The van der Waals surface area contributed by atoms with E-state index in [-0.39, 0.29) is 5.56 Å². The van der Waals surface area contributed by atoms with Crippen LogP contribution >= 0.6 is 35.0 Å². The average molecular weight is 356 g/mol. The lowest BCUT2D eigenvalue weighted by Crippen LogP contribution is -2.35. The summed E-state index contributed by atoms with van der Waals surface area (Å²) in [5.41, 5.74) is 2.68. The van der Waals surface area contributed by atoms with E-state index in [0.29, 0.717) is 28.3 Å². The Balaban J connectivity index is 1.81. The number of nitrogens with one attached hydrogen (secondary N) is 1. The molecule has 3 rings (SSSR count). The highest BCUT2D eigenvalue weighted by Gasteiger charge is 2.21. The Hall–Kier alpha value is -1.01. The van der Waals surface area contributed by atoms with Gasteiger partial charge in [0.1, 0.15) is 0 Å².